The Balaban J connectivity index is 4.35. The molecule has 0 aromatic carbocycles. The zero-order valence-electron chi connectivity index (χ0n) is 34.1. The van der Waals surface area contributed by atoms with E-state index in [9.17, 15) is 19.5 Å². The second kappa shape index (κ2) is 40.5. The van der Waals surface area contributed by atoms with Crippen molar-refractivity contribution in [1.29, 1.82) is 0 Å². The number of carboxylic acid groups (broad SMARTS) is 1. The summed E-state index contributed by atoms with van der Waals surface area (Å²) in [5.74, 6) is -1.47. The second-order valence-corrected chi connectivity index (χ2v) is 15.0. The monoisotopic (exact) mass is 741 g/mol. The van der Waals surface area contributed by atoms with Gasteiger partial charge in [-0.3, -0.25) is 14.4 Å². The number of carbonyl (C=O) groups is 3. The van der Waals surface area contributed by atoms with Crippen LogP contribution in [0.15, 0.2) is 0 Å². The maximum atomic E-state index is 12.7. The molecule has 0 aliphatic heterocycles. The number of ether oxygens (including phenoxy) is 3. The molecule has 0 rings (SSSR count). The van der Waals surface area contributed by atoms with Gasteiger partial charge in [0.15, 0.2) is 6.10 Å². The Kier molecular flexibility index (Phi) is 39.1. The predicted molar refractivity (Wildman–Crippen MR) is 215 cm³/mol. The highest BCUT2D eigenvalue weighted by Crippen LogP contribution is 2.15. The van der Waals surface area contributed by atoms with Crippen molar-refractivity contribution in [3.05, 3.63) is 0 Å². The van der Waals surface area contributed by atoms with Crippen molar-refractivity contribution in [2.24, 2.45) is 5.73 Å². The van der Waals surface area contributed by atoms with Crippen LogP contribution in [0.3, 0.4) is 0 Å². The van der Waals surface area contributed by atoms with Crippen LogP contribution in [0.2, 0.25) is 0 Å². The number of nitrogens with one attached hydrogen (secondary N) is 1. The second-order valence-electron chi connectivity index (χ2n) is 15.0. The summed E-state index contributed by atoms with van der Waals surface area (Å²) >= 11 is 0. The third-order valence-corrected chi connectivity index (χ3v) is 9.88. The number of aliphatic carboxylic acids is 1. The summed E-state index contributed by atoms with van der Waals surface area (Å²) in [6, 6.07) is -0.657. The summed E-state index contributed by atoms with van der Waals surface area (Å²) in [5.41, 5.74) is 5.53. The fourth-order valence-corrected chi connectivity index (χ4v) is 6.52. The Morgan fingerprint density at radius 1 is 0.558 bits per heavy atom. The highest BCUT2D eigenvalue weighted by molar-refractivity contribution is 5.73. The topological polar surface area (TPSA) is 137 Å². The molecule has 0 fully saturated rings. The van der Waals surface area contributed by atoms with E-state index in [2.05, 4.69) is 19.2 Å². The molecule has 0 saturated carbocycles. The molecule has 9 nitrogen and oxygen atoms in total. The average Bonchev–Trinajstić information content (AvgIpc) is 3.13. The van der Waals surface area contributed by atoms with Crippen LogP contribution in [0.25, 0.3) is 0 Å². The molecule has 0 spiro atoms. The number of nitrogens with two attached hydrogens (primary N) is 1. The number of hydrogen-bond acceptors (Lipinski definition) is 8. The molecule has 4 N–H and O–H groups in total. The molecule has 2 atom stereocenters. The lowest BCUT2D eigenvalue weighted by atomic mass is 10.0. The summed E-state index contributed by atoms with van der Waals surface area (Å²) < 4.78 is 17.0. The first-order chi connectivity index (χ1) is 25.4. The van der Waals surface area contributed by atoms with Crippen molar-refractivity contribution < 1.29 is 33.7 Å². The van der Waals surface area contributed by atoms with Gasteiger partial charge in [-0.2, -0.15) is 0 Å². The van der Waals surface area contributed by atoms with Crippen molar-refractivity contribution in [1.82, 2.24) is 5.32 Å². The Morgan fingerprint density at radius 3 is 1.40 bits per heavy atom. The van der Waals surface area contributed by atoms with Gasteiger partial charge in [-0.15, -0.1) is 0 Å². The van der Waals surface area contributed by atoms with Gasteiger partial charge in [0, 0.05) is 19.4 Å². The SMILES string of the molecule is CCCCCCCCCCCCCCCC(=O)OCC(COCCNC(CCCCN)C(=O)O)OC(=O)CCCCCCCCCCCCCCC. The quantitative estimate of drug-likeness (QED) is 0.0412. The van der Waals surface area contributed by atoms with Crippen LogP contribution in [0.4, 0.5) is 0 Å². The van der Waals surface area contributed by atoms with Gasteiger partial charge in [-0.05, 0) is 32.2 Å². The van der Waals surface area contributed by atoms with Gasteiger partial charge in [0.1, 0.15) is 12.6 Å². The van der Waals surface area contributed by atoms with Crippen LogP contribution in [0.5, 0.6) is 0 Å². The molecule has 0 aromatic rings. The number of rotatable bonds is 42. The lowest BCUT2D eigenvalue weighted by Crippen LogP contribution is -2.39. The first-order valence-corrected chi connectivity index (χ1v) is 22.0. The Labute approximate surface area is 320 Å². The largest absolute Gasteiger partial charge is 0.480 e. The Bertz CT molecular complexity index is 797. The predicted octanol–water partition coefficient (Wildman–Crippen LogP) is 10.6. The van der Waals surface area contributed by atoms with Gasteiger partial charge in [0.2, 0.25) is 0 Å². The summed E-state index contributed by atoms with van der Waals surface area (Å²) in [7, 11) is 0. The van der Waals surface area contributed by atoms with Crippen molar-refractivity contribution >= 4 is 17.9 Å². The van der Waals surface area contributed by atoms with Gasteiger partial charge >= 0.3 is 17.9 Å². The van der Waals surface area contributed by atoms with E-state index >= 15 is 0 Å². The molecule has 0 bridgehead atoms. The summed E-state index contributed by atoms with van der Waals surface area (Å²) in [5, 5.41) is 12.5. The summed E-state index contributed by atoms with van der Waals surface area (Å²) in [4.78, 5) is 36.7. The van der Waals surface area contributed by atoms with Crippen LogP contribution in [-0.4, -0.2) is 68.1 Å². The molecule has 0 amide bonds. The van der Waals surface area contributed by atoms with Gasteiger partial charge < -0.3 is 30.4 Å². The molecule has 308 valence electrons. The molecule has 0 aromatic heterocycles. The van der Waals surface area contributed by atoms with Gasteiger partial charge in [0.25, 0.3) is 0 Å². The smallest absolute Gasteiger partial charge is 0.320 e. The summed E-state index contributed by atoms with van der Waals surface area (Å²) in [6.07, 6.45) is 34.4. The zero-order chi connectivity index (χ0) is 38.2. The standard InChI is InChI=1S/C43H84N2O7/c1-3-5-7-9-11-13-15-17-19-21-23-25-27-32-41(46)51-38-39(37-50-36-35-45-40(43(48)49)31-29-30-34-44)52-42(47)33-28-26-24-22-20-18-16-14-12-10-8-6-4-2/h39-40,45H,3-38,44H2,1-2H3,(H,48,49). The van der Waals surface area contributed by atoms with E-state index in [0.29, 0.717) is 32.4 Å². The maximum Gasteiger partial charge on any atom is 0.320 e. The molecule has 0 aliphatic rings. The fourth-order valence-electron chi connectivity index (χ4n) is 6.52. The molecule has 9 heteroatoms. The van der Waals surface area contributed by atoms with Crippen molar-refractivity contribution in [3.8, 4) is 0 Å². The minimum Gasteiger partial charge on any atom is -0.480 e. The van der Waals surface area contributed by atoms with Crippen molar-refractivity contribution in [2.45, 2.75) is 225 Å². The van der Waals surface area contributed by atoms with Gasteiger partial charge in [0.05, 0.1) is 13.2 Å². The van der Waals surface area contributed by atoms with E-state index < -0.39 is 18.1 Å². The number of esters is 2. The van der Waals surface area contributed by atoms with E-state index in [0.717, 1.165) is 51.4 Å². The van der Waals surface area contributed by atoms with E-state index in [1.165, 1.54) is 128 Å². The molecule has 0 aliphatic carbocycles. The highest BCUT2D eigenvalue weighted by atomic mass is 16.6. The molecule has 52 heavy (non-hydrogen) atoms. The van der Waals surface area contributed by atoms with E-state index in [4.69, 9.17) is 19.9 Å². The van der Waals surface area contributed by atoms with Crippen LogP contribution < -0.4 is 11.1 Å². The summed E-state index contributed by atoms with van der Waals surface area (Å²) in [6.45, 7) is 5.70. The highest BCUT2D eigenvalue weighted by Gasteiger charge is 2.19. The average molecular weight is 741 g/mol. The van der Waals surface area contributed by atoms with Crippen LogP contribution in [0.1, 0.15) is 213 Å². The van der Waals surface area contributed by atoms with Crippen LogP contribution in [0, 0.1) is 0 Å². The van der Waals surface area contributed by atoms with E-state index in [-0.39, 0.29) is 31.8 Å². The number of carboxylic acids is 1. The van der Waals surface area contributed by atoms with Gasteiger partial charge in [-0.1, -0.05) is 174 Å². The molecule has 0 radical (unpaired) electrons. The molecular weight excluding hydrogens is 656 g/mol. The first kappa shape index (κ1) is 50.3. The van der Waals surface area contributed by atoms with Crippen LogP contribution >= 0.6 is 0 Å². The first-order valence-electron chi connectivity index (χ1n) is 22.0. The minimum atomic E-state index is -0.896. The normalized spacial score (nSPS) is 12.5. The fraction of sp³-hybridized carbons (Fsp3) is 0.930. The van der Waals surface area contributed by atoms with Crippen molar-refractivity contribution in [2.75, 3.05) is 32.9 Å². The van der Waals surface area contributed by atoms with Crippen LogP contribution in [-0.2, 0) is 28.6 Å². The molecule has 0 heterocycles. The zero-order valence-corrected chi connectivity index (χ0v) is 34.1. The third-order valence-electron chi connectivity index (χ3n) is 9.88. The lowest BCUT2D eigenvalue weighted by Gasteiger charge is -2.19. The number of hydrogen-bond donors (Lipinski definition) is 3. The Hall–Kier alpha value is -1.71. The number of carbonyl (C=O) groups excluding carboxylic acids is 2. The molecular formula is C43H84N2O7. The third kappa shape index (κ3) is 36.6. The van der Waals surface area contributed by atoms with E-state index in [1.807, 2.05) is 0 Å². The lowest BCUT2D eigenvalue weighted by molar-refractivity contribution is -0.162. The van der Waals surface area contributed by atoms with E-state index in [1.54, 1.807) is 0 Å². The van der Waals surface area contributed by atoms with Gasteiger partial charge in [-0.25, -0.2) is 0 Å². The molecule has 2 unspecified atom stereocenters. The Morgan fingerprint density at radius 2 is 0.981 bits per heavy atom. The number of unbranched alkanes of at least 4 members (excludes halogenated alkanes) is 25. The van der Waals surface area contributed by atoms with Crippen molar-refractivity contribution in [3.63, 3.8) is 0 Å². The molecule has 0 saturated heterocycles. The maximum absolute atomic E-state index is 12.7. The minimum absolute atomic E-state index is 0.0358.